The molecule has 0 saturated carbocycles. The Morgan fingerprint density at radius 3 is 2.27 bits per heavy atom. The van der Waals surface area contributed by atoms with E-state index >= 15 is 0 Å². The molecule has 6 rings (SSSR count). The summed E-state index contributed by atoms with van der Waals surface area (Å²) in [5.74, 6) is -1.36. The van der Waals surface area contributed by atoms with Crippen molar-refractivity contribution < 1.29 is 19.3 Å². The zero-order valence-corrected chi connectivity index (χ0v) is 22.9. The van der Waals surface area contributed by atoms with E-state index in [1.165, 1.54) is 41.3 Å². The standard InChI is InChI=1S/C30H20N4O5S2/c35-25(32-27(18-8-3-1-4-9-18)19-10-5-2-6-11-19)17-40-30-31-22-15-14-20(16-24(22)41-30)33-28(36)21-12-7-13-23(34(38)39)26(21)29(33)37/h1-16,27H,17H2,(H,32,35). The van der Waals surface area contributed by atoms with Crippen LogP contribution in [0.5, 0.6) is 0 Å². The maximum absolute atomic E-state index is 13.1. The van der Waals surface area contributed by atoms with Crippen LogP contribution in [0.15, 0.2) is 101 Å². The maximum atomic E-state index is 13.1. The van der Waals surface area contributed by atoms with Crippen LogP contribution < -0.4 is 10.2 Å². The van der Waals surface area contributed by atoms with Gasteiger partial charge in [-0.2, -0.15) is 0 Å². The minimum Gasteiger partial charge on any atom is -0.344 e. The molecule has 0 aliphatic carbocycles. The summed E-state index contributed by atoms with van der Waals surface area (Å²) in [5, 5.41) is 14.6. The molecule has 0 fully saturated rings. The van der Waals surface area contributed by atoms with Gasteiger partial charge >= 0.3 is 0 Å². The van der Waals surface area contributed by atoms with Crippen LogP contribution in [0.2, 0.25) is 0 Å². The highest BCUT2D eigenvalue weighted by molar-refractivity contribution is 8.01. The third-order valence-electron chi connectivity index (χ3n) is 6.60. The highest BCUT2D eigenvalue weighted by atomic mass is 32.2. The molecular formula is C30H20N4O5S2. The number of anilines is 1. The molecule has 0 atom stereocenters. The second-order valence-corrected chi connectivity index (χ2v) is 11.4. The molecule has 1 N–H and O–H groups in total. The van der Waals surface area contributed by atoms with Crippen LogP contribution in [0.1, 0.15) is 37.9 Å². The minimum absolute atomic E-state index is 0.000156. The van der Waals surface area contributed by atoms with Crippen molar-refractivity contribution in [3.05, 3.63) is 129 Å². The van der Waals surface area contributed by atoms with Gasteiger partial charge in [-0.25, -0.2) is 9.88 Å². The summed E-state index contributed by atoms with van der Waals surface area (Å²) in [6.45, 7) is 0. The lowest BCUT2D eigenvalue weighted by atomic mass is 9.99. The van der Waals surface area contributed by atoms with Gasteiger partial charge in [0.2, 0.25) is 5.91 Å². The fourth-order valence-electron chi connectivity index (χ4n) is 4.73. The lowest BCUT2D eigenvalue weighted by Crippen LogP contribution is -2.30. The van der Waals surface area contributed by atoms with E-state index in [4.69, 9.17) is 0 Å². The number of fused-ring (bicyclic) bond motifs is 2. The van der Waals surface area contributed by atoms with Crippen molar-refractivity contribution in [2.45, 2.75) is 10.4 Å². The van der Waals surface area contributed by atoms with Crippen molar-refractivity contribution in [2.24, 2.45) is 0 Å². The molecule has 0 unspecified atom stereocenters. The van der Waals surface area contributed by atoms with Crippen LogP contribution in [0.25, 0.3) is 10.2 Å². The van der Waals surface area contributed by atoms with Gasteiger partial charge < -0.3 is 5.32 Å². The first-order valence-corrected chi connectivity index (χ1v) is 14.3. The Labute approximate surface area is 242 Å². The number of nitrogens with one attached hydrogen (secondary N) is 1. The molecule has 1 aliphatic rings. The number of hydrogen-bond donors (Lipinski definition) is 1. The highest BCUT2D eigenvalue weighted by Gasteiger charge is 2.41. The molecule has 0 bridgehead atoms. The summed E-state index contributed by atoms with van der Waals surface area (Å²) in [4.78, 5) is 55.4. The summed E-state index contributed by atoms with van der Waals surface area (Å²) in [6, 6.07) is 28.1. The molecule has 5 aromatic rings. The predicted octanol–water partition coefficient (Wildman–Crippen LogP) is 6.00. The van der Waals surface area contributed by atoms with Crippen molar-refractivity contribution in [3.63, 3.8) is 0 Å². The zero-order chi connectivity index (χ0) is 28.5. The summed E-state index contributed by atoms with van der Waals surface area (Å²) in [6.07, 6.45) is 0. The summed E-state index contributed by atoms with van der Waals surface area (Å²) in [5.41, 5.74) is 2.28. The van der Waals surface area contributed by atoms with Gasteiger partial charge in [0.05, 0.1) is 38.2 Å². The minimum atomic E-state index is -0.737. The Balaban J connectivity index is 1.18. The van der Waals surface area contributed by atoms with Crippen LogP contribution in [0.3, 0.4) is 0 Å². The molecule has 1 aromatic heterocycles. The molecule has 0 radical (unpaired) electrons. The van der Waals surface area contributed by atoms with Crippen LogP contribution in [-0.2, 0) is 4.79 Å². The molecule has 9 nitrogen and oxygen atoms in total. The number of carbonyl (C=O) groups excluding carboxylic acids is 3. The number of imide groups is 1. The Hall–Kier alpha value is -4.87. The van der Waals surface area contributed by atoms with Gasteiger partial charge in [-0.3, -0.25) is 24.5 Å². The quantitative estimate of drug-likeness (QED) is 0.103. The van der Waals surface area contributed by atoms with E-state index in [0.29, 0.717) is 20.2 Å². The Bertz CT molecular complexity index is 1790. The van der Waals surface area contributed by atoms with E-state index in [9.17, 15) is 24.5 Å². The molecule has 202 valence electrons. The van der Waals surface area contributed by atoms with Crippen LogP contribution in [-0.4, -0.2) is 33.4 Å². The zero-order valence-electron chi connectivity index (χ0n) is 21.2. The first-order valence-electron chi connectivity index (χ1n) is 12.5. The van der Waals surface area contributed by atoms with Gasteiger partial charge in [-0.1, -0.05) is 78.5 Å². The smallest absolute Gasteiger partial charge is 0.283 e. The first-order chi connectivity index (χ1) is 19.9. The van der Waals surface area contributed by atoms with Crippen molar-refractivity contribution in [1.29, 1.82) is 0 Å². The number of amides is 3. The van der Waals surface area contributed by atoms with Crippen molar-refractivity contribution in [3.8, 4) is 0 Å². The number of hydrogen-bond acceptors (Lipinski definition) is 8. The van der Waals surface area contributed by atoms with Gasteiger partial charge in [0, 0.05) is 6.07 Å². The largest absolute Gasteiger partial charge is 0.344 e. The Kier molecular flexibility index (Phi) is 7.04. The first kappa shape index (κ1) is 26.4. The number of nitrogens with zero attached hydrogens (tertiary/aromatic N) is 3. The highest BCUT2D eigenvalue weighted by Crippen LogP contribution is 2.37. The summed E-state index contributed by atoms with van der Waals surface area (Å²) in [7, 11) is 0. The van der Waals surface area contributed by atoms with E-state index in [1.807, 2.05) is 60.7 Å². The van der Waals surface area contributed by atoms with Crippen LogP contribution in [0, 0.1) is 10.1 Å². The van der Waals surface area contributed by atoms with Gasteiger partial charge in [0.1, 0.15) is 5.56 Å². The van der Waals surface area contributed by atoms with E-state index in [2.05, 4.69) is 10.3 Å². The van der Waals surface area contributed by atoms with Gasteiger partial charge in [0.25, 0.3) is 17.5 Å². The number of thiazole rings is 1. The fourth-order valence-corrected chi connectivity index (χ4v) is 6.64. The molecular weight excluding hydrogens is 560 g/mol. The fraction of sp³-hybridized carbons (Fsp3) is 0.0667. The molecule has 41 heavy (non-hydrogen) atoms. The number of nitro groups is 1. The van der Waals surface area contributed by atoms with Crippen LogP contribution >= 0.6 is 23.1 Å². The van der Waals surface area contributed by atoms with Gasteiger partial charge in [-0.15, -0.1) is 11.3 Å². The van der Waals surface area contributed by atoms with Gasteiger partial charge in [-0.05, 0) is 35.4 Å². The monoisotopic (exact) mass is 580 g/mol. The molecule has 4 aromatic carbocycles. The number of thioether (sulfide) groups is 1. The second kappa shape index (κ2) is 11.0. The Morgan fingerprint density at radius 2 is 1.61 bits per heavy atom. The normalized spacial score (nSPS) is 12.7. The average Bonchev–Trinajstić information content (AvgIpc) is 3.52. The van der Waals surface area contributed by atoms with E-state index < -0.39 is 22.4 Å². The number of benzene rings is 4. The number of nitro benzene ring substituents is 1. The van der Waals surface area contributed by atoms with E-state index in [-0.39, 0.29) is 28.8 Å². The predicted molar refractivity (Wildman–Crippen MR) is 157 cm³/mol. The van der Waals surface area contributed by atoms with Crippen molar-refractivity contribution in [2.75, 3.05) is 10.7 Å². The van der Waals surface area contributed by atoms with E-state index in [1.54, 1.807) is 18.2 Å². The topological polar surface area (TPSA) is 123 Å². The van der Waals surface area contributed by atoms with Crippen molar-refractivity contribution in [1.82, 2.24) is 10.3 Å². The van der Waals surface area contributed by atoms with Crippen molar-refractivity contribution >= 4 is 62.4 Å². The molecule has 2 heterocycles. The molecule has 1 aliphatic heterocycles. The second-order valence-electron chi connectivity index (χ2n) is 9.14. The van der Waals surface area contributed by atoms with Crippen LogP contribution in [0.4, 0.5) is 11.4 Å². The average molecular weight is 581 g/mol. The number of aromatic nitrogens is 1. The SMILES string of the molecule is O=C(CSc1nc2ccc(N3C(=O)c4cccc([N+](=O)[O-])c4C3=O)cc2s1)NC(c1ccccc1)c1ccccc1. The number of carbonyl (C=O) groups is 3. The summed E-state index contributed by atoms with van der Waals surface area (Å²) >= 11 is 2.63. The molecule has 11 heteroatoms. The molecule has 3 amide bonds. The molecule has 0 spiro atoms. The third kappa shape index (κ3) is 5.08. The maximum Gasteiger partial charge on any atom is 0.283 e. The molecule has 0 saturated heterocycles. The third-order valence-corrected chi connectivity index (χ3v) is 8.76. The summed E-state index contributed by atoms with van der Waals surface area (Å²) < 4.78 is 1.36. The lowest BCUT2D eigenvalue weighted by molar-refractivity contribution is -0.385. The Morgan fingerprint density at radius 1 is 0.927 bits per heavy atom. The van der Waals surface area contributed by atoms with E-state index in [0.717, 1.165) is 16.0 Å². The lowest BCUT2D eigenvalue weighted by Gasteiger charge is -2.19. The number of rotatable bonds is 8. The van der Waals surface area contributed by atoms with Gasteiger partial charge in [0.15, 0.2) is 4.34 Å².